The van der Waals surface area contributed by atoms with Crippen molar-refractivity contribution in [2.75, 3.05) is 26.7 Å². The van der Waals surface area contributed by atoms with Crippen LogP contribution < -0.4 is 5.32 Å². The van der Waals surface area contributed by atoms with Gasteiger partial charge in [-0.1, -0.05) is 6.92 Å². The first-order valence-electron chi connectivity index (χ1n) is 6.36. The van der Waals surface area contributed by atoms with Gasteiger partial charge in [-0.25, -0.2) is 4.79 Å². The smallest absolute Gasteiger partial charge is 0.407 e. The molecular formula is C12H24N2O3. The molecule has 1 fully saturated rings. The van der Waals surface area contributed by atoms with Gasteiger partial charge in [-0.05, 0) is 32.7 Å². The largest absolute Gasteiger partial charge is 0.450 e. The number of nitrogens with one attached hydrogen (secondary N) is 1. The summed E-state index contributed by atoms with van der Waals surface area (Å²) in [5.74, 6) is 0.227. The first-order valence-corrected chi connectivity index (χ1v) is 6.36. The molecule has 3 unspecified atom stereocenters. The van der Waals surface area contributed by atoms with Crippen LogP contribution in [0.1, 0.15) is 26.7 Å². The molecule has 1 heterocycles. The van der Waals surface area contributed by atoms with E-state index in [9.17, 15) is 9.90 Å². The van der Waals surface area contributed by atoms with Crippen LogP contribution in [0, 0.1) is 5.92 Å². The number of likely N-dealkylation sites (N-methyl/N-ethyl adjacent to an activating group) is 1. The van der Waals surface area contributed by atoms with Crippen LogP contribution >= 0.6 is 0 Å². The number of amides is 1. The van der Waals surface area contributed by atoms with E-state index < -0.39 is 0 Å². The number of carbonyl (C=O) groups excluding carboxylic acids is 1. The van der Waals surface area contributed by atoms with Crippen molar-refractivity contribution in [3.63, 3.8) is 0 Å². The standard InChI is InChI=1S/C12H24N2O3/c1-4-11(15)9-6-10(8-14(3)7-9)13-12(16)17-5-2/h9-11,15H,4-8H2,1-3H3,(H,13,16). The second kappa shape index (κ2) is 6.81. The molecule has 1 aliphatic rings. The van der Waals surface area contributed by atoms with E-state index in [1.165, 1.54) is 0 Å². The molecule has 1 aliphatic heterocycles. The number of carbonyl (C=O) groups is 1. The number of hydrogen-bond acceptors (Lipinski definition) is 4. The zero-order valence-electron chi connectivity index (χ0n) is 11.0. The topological polar surface area (TPSA) is 61.8 Å². The SMILES string of the molecule is CCOC(=O)NC1CC(C(O)CC)CN(C)C1. The highest BCUT2D eigenvalue weighted by Crippen LogP contribution is 2.21. The van der Waals surface area contributed by atoms with E-state index in [-0.39, 0.29) is 24.2 Å². The highest BCUT2D eigenvalue weighted by molar-refractivity contribution is 5.67. The number of alkyl carbamates (subject to hydrolysis) is 1. The van der Waals surface area contributed by atoms with Crippen molar-refractivity contribution in [1.82, 2.24) is 10.2 Å². The summed E-state index contributed by atoms with van der Waals surface area (Å²) in [6.07, 6.45) is 0.921. The molecule has 2 N–H and O–H groups in total. The highest BCUT2D eigenvalue weighted by Gasteiger charge is 2.30. The van der Waals surface area contributed by atoms with Crippen LogP contribution in [0.5, 0.6) is 0 Å². The van der Waals surface area contributed by atoms with E-state index in [2.05, 4.69) is 10.2 Å². The Kier molecular flexibility index (Phi) is 5.71. The van der Waals surface area contributed by atoms with E-state index in [1.807, 2.05) is 14.0 Å². The summed E-state index contributed by atoms with van der Waals surface area (Å²) in [6, 6.07) is 0.0685. The molecule has 0 aromatic carbocycles. The van der Waals surface area contributed by atoms with Gasteiger partial charge in [0.2, 0.25) is 0 Å². The number of piperidine rings is 1. The van der Waals surface area contributed by atoms with E-state index in [0.717, 1.165) is 25.9 Å². The third kappa shape index (κ3) is 4.52. The third-order valence-electron chi connectivity index (χ3n) is 3.23. The number of aliphatic hydroxyl groups excluding tert-OH is 1. The van der Waals surface area contributed by atoms with Gasteiger partial charge < -0.3 is 20.1 Å². The predicted molar refractivity (Wildman–Crippen MR) is 65.8 cm³/mol. The Morgan fingerprint density at radius 3 is 2.82 bits per heavy atom. The first kappa shape index (κ1) is 14.3. The molecule has 0 aromatic heterocycles. The minimum atomic E-state index is -0.363. The molecule has 5 nitrogen and oxygen atoms in total. The monoisotopic (exact) mass is 244 g/mol. The van der Waals surface area contributed by atoms with Crippen molar-refractivity contribution < 1.29 is 14.6 Å². The lowest BCUT2D eigenvalue weighted by Crippen LogP contribution is -2.51. The molecule has 0 saturated carbocycles. The van der Waals surface area contributed by atoms with Gasteiger partial charge in [0.15, 0.2) is 0 Å². The van der Waals surface area contributed by atoms with Crippen LogP contribution in [-0.2, 0) is 4.74 Å². The normalized spacial score (nSPS) is 27.5. The van der Waals surface area contributed by atoms with Gasteiger partial charge in [-0.2, -0.15) is 0 Å². The predicted octanol–water partition coefficient (Wildman–Crippen LogP) is 0.824. The summed E-state index contributed by atoms with van der Waals surface area (Å²) in [4.78, 5) is 13.5. The Hall–Kier alpha value is -0.810. The maximum atomic E-state index is 11.3. The van der Waals surface area contributed by atoms with Crippen molar-refractivity contribution in [3.05, 3.63) is 0 Å². The van der Waals surface area contributed by atoms with Crippen LogP contribution in [0.3, 0.4) is 0 Å². The Labute approximate surface area is 103 Å². The van der Waals surface area contributed by atoms with Gasteiger partial charge in [-0.15, -0.1) is 0 Å². The molecule has 5 heteroatoms. The Morgan fingerprint density at radius 2 is 2.24 bits per heavy atom. The summed E-state index contributed by atoms with van der Waals surface area (Å²) >= 11 is 0. The summed E-state index contributed by atoms with van der Waals surface area (Å²) in [5, 5.41) is 12.7. The number of likely N-dealkylation sites (tertiary alicyclic amines) is 1. The van der Waals surface area contributed by atoms with Gasteiger partial charge in [0, 0.05) is 19.1 Å². The van der Waals surface area contributed by atoms with Gasteiger partial charge in [0.1, 0.15) is 0 Å². The van der Waals surface area contributed by atoms with Crippen LogP contribution in [0.15, 0.2) is 0 Å². The van der Waals surface area contributed by atoms with E-state index in [1.54, 1.807) is 6.92 Å². The zero-order chi connectivity index (χ0) is 12.8. The molecule has 0 spiro atoms. The number of nitrogens with zero attached hydrogens (tertiary/aromatic N) is 1. The molecule has 0 radical (unpaired) electrons. The molecule has 1 saturated heterocycles. The van der Waals surface area contributed by atoms with Gasteiger partial charge in [0.25, 0.3) is 0 Å². The maximum absolute atomic E-state index is 11.3. The van der Waals surface area contributed by atoms with Crippen LogP contribution in [0.2, 0.25) is 0 Å². The number of aliphatic hydroxyl groups is 1. The third-order valence-corrected chi connectivity index (χ3v) is 3.23. The summed E-state index contributed by atoms with van der Waals surface area (Å²) in [6.45, 7) is 5.85. The Bertz CT molecular complexity index is 248. The second-order valence-electron chi connectivity index (χ2n) is 4.75. The van der Waals surface area contributed by atoms with Crippen LogP contribution in [0.25, 0.3) is 0 Å². The zero-order valence-corrected chi connectivity index (χ0v) is 11.0. The summed E-state index contributed by atoms with van der Waals surface area (Å²) in [5.41, 5.74) is 0. The fourth-order valence-corrected chi connectivity index (χ4v) is 2.42. The molecule has 0 aliphatic carbocycles. The van der Waals surface area contributed by atoms with Crippen molar-refractivity contribution in [2.24, 2.45) is 5.92 Å². The maximum Gasteiger partial charge on any atom is 0.407 e. The highest BCUT2D eigenvalue weighted by atomic mass is 16.5. The summed E-state index contributed by atoms with van der Waals surface area (Å²) < 4.78 is 4.87. The minimum absolute atomic E-state index is 0.0685. The summed E-state index contributed by atoms with van der Waals surface area (Å²) in [7, 11) is 2.01. The lowest BCUT2D eigenvalue weighted by atomic mass is 9.89. The second-order valence-corrected chi connectivity index (χ2v) is 4.75. The fourth-order valence-electron chi connectivity index (χ4n) is 2.42. The average Bonchev–Trinajstić information content (AvgIpc) is 2.27. The quantitative estimate of drug-likeness (QED) is 0.768. The van der Waals surface area contributed by atoms with E-state index in [0.29, 0.717) is 6.61 Å². The Morgan fingerprint density at radius 1 is 1.53 bits per heavy atom. The van der Waals surface area contributed by atoms with Crippen molar-refractivity contribution in [3.8, 4) is 0 Å². The van der Waals surface area contributed by atoms with E-state index in [4.69, 9.17) is 4.74 Å². The Balaban J connectivity index is 2.47. The van der Waals surface area contributed by atoms with Crippen LogP contribution in [0.4, 0.5) is 4.79 Å². The van der Waals surface area contributed by atoms with Gasteiger partial charge in [-0.3, -0.25) is 0 Å². The van der Waals surface area contributed by atoms with Crippen molar-refractivity contribution in [2.45, 2.75) is 38.8 Å². The van der Waals surface area contributed by atoms with Crippen molar-refractivity contribution in [1.29, 1.82) is 0 Å². The lowest BCUT2D eigenvalue weighted by Gasteiger charge is -2.37. The van der Waals surface area contributed by atoms with Crippen LogP contribution in [-0.4, -0.2) is 55.0 Å². The molecule has 17 heavy (non-hydrogen) atoms. The van der Waals surface area contributed by atoms with Crippen molar-refractivity contribution >= 4 is 6.09 Å². The molecule has 0 aromatic rings. The fraction of sp³-hybridized carbons (Fsp3) is 0.917. The molecular weight excluding hydrogens is 220 g/mol. The van der Waals surface area contributed by atoms with Gasteiger partial charge in [0.05, 0.1) is 12.7 Å². The number of rotatable bonds is 4. The average molecular weight is 244 g/mol. The molecule has 0 bridgehead atoms. The molecule has 3 atom stereocenters. The minimum Gasteiger partial charge on any atom is -0.450 e. The van der Waals surface area contributed by atoms with E-state index >= 15 is 0 Å². The lowest BCUT2D eigenvalue weighted by molar-refractivity contribution is 0.0432. The molecule has 1 rings (SSSR count). The molecule has 100 valence electrons. The first-order chi connectivity index (χ1) is 8.06. The number of hydrogen-bond donors (Lipinski definition) is 2. The molecule has 1 amide bonds. The van der Waals surface area contributed by atoms with Gasteiger partial charge >= 0.3 is 6.09 Å². The number of ether oxygens (including phenoxy) is 1.